The van der Waals surface area contributed by atoms with Gasteiger partial charge in [-0.15, -0.1) is 0 Å². The molecular weight excluding hydrogens is 309 g/mol. The van der Waals surface area contributed by atoms with E-state index in [1.165, 1.54) is 12.1 Å². The minimum atomic E-state index is -0.567. The summed E-state index contributed by atoms with van der Waals surface area (Å²) in [6, 6.07) is 4.29. The van der Waals surface area contributed by atoms with Crippen LogP contribution in [0.5, 0.6) is 0 Å². The van der Waals surface area contributed by atoms with Gasteiger partial charge in [-0.3, -0.25) is 9.59 Å². The van der Waals surface area contributed by atoms with E-state index in [1.807, 2.05) is 0 Å². The summed E-state index contributed by atoms with van der Waals surface area (Å²) in [7, 11) is 0. The highest BCUT2D eigenvalue weighted by molar-refractivity contribution is 5.99. The van der Waals surface area contributed by atoms with E-state index in [2.05, 4.69) is 5.32 Å². The van der Waals surface area contributed by atoms with E-state index in [0.717, 1.165) is 32.1 Å². The molecule has 1 aliphatic carbocycles. The topological polar surface area (TPSA) is 75.4 Å². The van der Waals surface area contributed by atoms with Crippen LogP contribution in [0.3, 0.4) is 0 Å². The maximum atomic E-state index is 14.1. The molecule has 1 aliphatic heterocycles. The van der Waals surface area contributed by atoms with Crippen LogP contribution in [0.15, 0.2) is 18.2 Å². The number of carbonyl (C=O) groups excluding carboxylic acids is 2. The van der Waals surface area contributed by atoms with Crippen LogP contribution < -0.4 is 16.0 Å². The van der Waals surface area contributed by atoms with Gasteiger partial charge in [0.25, 0.3) is 5.91 Å². The smallest absolute Gasteiger partial charge is 0.254 e. The van der Waals surface area contributed by atoms with E-state index in [1.54, 1.807) is 11.0 Å². The summed E-state index contributed by atoms with van der Waals surface area (Å²) < 4.78 is 14.1. The Labute approximate surface area is 141 Å². The third kappa shape index (κ3) is 3.43. The van der Waals surface area contributed by atoms with Crippen molar-refractivity contribution >= 4 is 17.5 Å². The number of rotatable bonds is 4. The van der Waals surface area contributed by atoms with Gasteiger partial charge in [-0.1, -0.05) is 12.8 Å². The molecule has 2 aliphatic rings. The van der Waals surface area contributed by atoms with Crippen molar-refractivity contribution in [2.24, 2.45) is 11.7 Å². The predicted molar refractivity (Wildman–Crippen MR) is 90.3 cm³/mol. The zero-order chi connectivity index (χ0) is 17.1. The number of nitrogens with one attached hydrogen (secondary N) is 1. The van der Waals surface area contributed by atoms with Gasteiger partial charge < -0.3 is 16.0 Å². The van der Waals surface area contributed by atoms with Crippen molar-refractivity contribution in [2.45, 2.75) is 44.6 Å². The second kappa shape index (κ2) is 7.30. The first-order valence-electron chi connectivity index (χ1n) is 8.71. The maximum Gasteiger partial charge on any atom is 0.254 e. The van der Waals surface area contributed by atoms with E-state index in [9.17, 15) is 14.0 Å². The third-order valence-electron chi connectivity index (χ3n) is 5.11. The second-order valence-electron chi connectivity index (χ2n) is 6.67. The average molecular weight is 333 g/mol. The van der Waals surface area contributed by atoms with Gasteiger partial charge in [0, 0.05) is 24.7 Å². The minimum absolute atomic E-state index is 0.00598. The molecule has 0 aromatic heterocycles. The van der Waals surface area contributed by atoms with Gasteiger partial charge in [0.05, 0.1) is 5.56 Å². The van der Waals surface area contributed by atoms with E-state index in [0.29, 0.717) is 25.2 Å². The molecule has 2 fully saturated rings. The van der Waals surface area contributed by atoms with Gasteiger partial charge in [0.15, 0.2) is 0 Å². The summed E-state index contributed by atoms with van der Waals surface area (Å²) >= 11 is 0. The van der Waals surface area contributed by atoms with Gasteiger partial charge >= 0.3 is 0 Å². The Morgan fingerprint density at radius 2 is 2.08 bits per heavy atom. The zero-order valence-electron chi connectivity index (χ0n) is 13.8. The van der Waals surface area contributed by atoms with Crippen LogP contribution in [0.25, 0.3) is 0 Å². The monoisotopic (exact) mass is 333 g/mol. The van der Waals surface area contributed by atoms with Crippen LogP contribution in [0, 0.1) is 11.7 Å². The highest BCUT2D eigenvalue weighted by atomic mass is 19.1. The van der Waals surface area contributed by atoms with E-state index >= 15 is 0 Å². The van der Waals surface area contributed by atoms with Crippen molar-refractivity contribution in [3.05, 3.63) is 29.6 Å². The summed E-state index contributed by atoms with van der Waals surface area (Å²) in [6.45, 7) is 1.14. The molecule has 1 heterocycles. The first-order chi connectivity index (χ1) is 11.6. The Bertz CT molecular complexity index is 635. The number of benzene rings is 1. The lowest BCUT2D eigenvalue weighted by molar-refractivity contribution is -0.117. The highest BCUT2D eigenvalue weighted by Gasteiger charge is 2.28. The number of halogens is 1. The first kappa shape index (κ1) is 16.9. The SMILES string of the molecule is NC[C@H]1CCCC[C@@H]1NC(=O)c1cc(N2CCCC2=O)ccc1F. The first-order valence-corrected chi connectivity index (χ1v) is 8.71. The zero-order valence-corrected chi connectivity index (χ0v) is 13.8. The Kier molecular flexibility index (Phi) is 5.14. The number of hydrogen-bond donors (Lipinski definition) is 2. The van der Waals surface area contributed by atoms with Crippen molar-refractivity contribution in [2.75, 3.05) is 18.0 Å². The number of nitrogens with two attached hydrogens (primary N) is 1. The fraction of sp³-hybridized carbons (Fsp3) is 0.556. The lowest BCUT2D eigenvalue weighted by Gasteiger charge is -2.31. The molecule has 3 N–H and O–H groups in total. The average Bonchev–Trinajstić information content (AvgIpc) is 3.02. The summed E-state index contributed by atoms with van der Waals surface area (Å²) in [6.07, 6.45) is 5.32. The molecule has 1 aromatic carbocycles. The Morgan fingerprint density at radius 1 is 1.29 bits per heavy atom. The van der Waals surface area contributed by atoms with Crippen LogP contribution in [0.2, 0.25) is 0 Å². The van der Waals surface area contributed by atoms with Crippen molar-refractivity contribution in [3.63, 3.8) is 0 Å². The number of amides is 2. The van der Waals surface area contributed by atoms with E-state index in [4.69, 9.17) is 5.73 Å². The number of nitrogens with zero attached hydrogens (tertiary/aromatic N) is 1. The van der Waals surface area contributed by atoms with Gasteiger partial charge in [0.1, 0.15) is 5.82 Å². The Hall–Kier alpha value is -1.95. The summed E-state index contributed by atoms with van der Waals surface area (Å²) in [5.74, 6) is -0.730. The van der Waals surface area contributed by atoms with Crippen molar-refractivity contribution < 1.29 is 14.0 Å². The lowest BCUT2D eigenvalue weighted by Crippen LogP contribution is -2.45. The van der Waals surface area contributed by atoms with E-state index < -0.39 is 11.7 Å². The predicted octanol–water partition coefficient (Wildman–Crippen LogP) is 2.20. The number of carbonyl (C=O) groups is 2. The summed E-state index contributed by atoms with van der Waals surface area (Å²) in [5, 5.41) is 2.94. The van der Waals surface area contributed by atoms with Gasteiger partial charge in [0.2, 0.25) is 5.91 Å². The molecule has 1 saturated carbocycles. The molecule has 1 aromatic rings. The van der Waals surface area contributed by atoms with Crippen molar-refractivity contribution in [1.82, 2.24) is 5.32 Å². The molecule has 0 bridgehead atoms. The molecule has 6 heteroatoms. The highest BCUT2D eigenvalue weighted by Crippen LogP contribution is 2.26. The molecule has 2 atom stereocenters. The van der Waals surface area contributed by atoms with Crippen molar-refractivity contribution in [1.29, 1.82) is 0 Å². The largest absolute Gasteiger partial charge is 0.349 e. The molecule has 2 amide bonds. The standard InChI is InChI=1S/C18H24FN3O2/c19-15-8-7-13(22-9-3-6-17(22)23)10-14(15)18(24)21-16-5-2-1-4-12(16)11-20/h7-8,10,12,16H,1-6,9,11,20H2,(H,21,24)/t12-,16+/m1/s1. The Balaban J connectivity index is 1.77. The van der Waals surface area contributed by atoms with Gasteiger partial charge in [-0.25, -0.2) is 4.39 Å². The number of hydrogen-bond acceptors (Lipinski definition) is 3. The maximum absolute atomic E-state index is 14.1. The third-order valence-corrected chi connectivity index (χ3v) is 5.11. The summed E-state index contributed by atoms with van der Waals surface area (Å²) in [4.78, 5) is 26.0. The molecule has 130 valence electrons. The fourth-order valence-corrected chi connectivity index (χ4v) is 3.70. The molecule has 24 heavy (non-hydrogen) atoms. The number of anilines is 1. The van der Waals surface area contributed by atoms with Crippen molar-refractivity contribution in [3.8, 4) is 0 Å². The van der Waals surface area contributed by atoms with Crippen LogP contribution in [0.4, 0.5) is 10.1 Å². The van der Waals surface area contributed by atoms with Gasteiger partial charge in [-0.05, 0) is 49.9 Å². The quantitative estimate of drug-likeness (QED) is 0.887. The lowest BCUT2D eigenvalue weighted by atomic mass is 9.84. The normalized spacial score (nSPS) is 24.2. The molecule has 3 rings (SSSR count). The molecule has 5 nitrogen and oxygen atoms in total. The van der Waals surface area contributed by atoms with Crippen LogP contribution in [-0.4, -0.2) is 30.9 Å². The second-order valence-corrected chi connectivity index (χ2v) is 6.67. The van der Waals surface area contributed by atoms with E-state index in [-0.39, 0.29) is 23.4 Å². The molecule has 0 radical (unpaired) electrons. The molecule has 0 spiro atoms. The molecule has 0 unspecified atom stereocenters. The molecule has 1 saturated heterocycles. The fourth-order valence-electron chi connectivity index (χ4n) is 3.70. The van der Waals surface area contributed by atoms with Crippen LogP contribution in [-0.2, 0) is 4.79 Å². The van der Waals surface area contributed by atoms with Gasteiger partial charge in [-0.2, -0.15) is 0 Å². The van der Waals surface area contributed by atoms with Crippen LogP contribution >= 0.6 is 0 Å². The summed E-state index contributed by atoms with van der Waals surface area (Å²) in [5.41, 5.74) is 6.37. The molecular formula is C18H24FN3O2. The van der Waals surface area contributed by atoms with Crippen LogP contribution in [0.1, 0.15) is 48.9 Å². The minimum Gasteiger partial charge on any atom is -0.349 e. The Morgan fingerprint density at radius 3 is 2.79 bits per heavy atom.